The molecule has 0 aromatic heterocycles. The van der Waals surface area contributed by atoms with Gasteiger partial charge in [0.1, 0.15) is 0 Å². The monoisotopic (exact) mass is 298 g/mol. The number of fused-ring (bicyclic) bond motifs is 1. The Balaban J connectivity index is 1.96. The highest BCUT2D eigenvalue weighted by molar-refractivity contribution is 5.39. The van der Waals surface area contributed by atoms with Crippen molar-refractivity contribution in [2.75, 3.05) is 13.1 Å². The van der Waals surface area contributed by atoms with Crippen molar-refractivity contribution in [3.63, 3.8) is 0 Å². The maximum atomic E-state index is 7.10. The first kappa shape index (κ1) is 15.8. The summed E-state index contributed by atoms with van der Waals surface area (Å²) in [5.41, 5.74) is 10.8. The lowest BCUT2D eigenvalue weighted by atomic mass is 9.70. The van der Waals surface area contributed by atoms with Gasteiger partial charge in [0.15, 0.2) is 0 Å². The van der Waals surface area contributed by atoms with E-state index < -0.39 is 0 Å². The highest BCUT2D eigenvalue weighted by atomic mass is 15.2. The molecule has 0 spiro atoms. The quantitative estimate of drug-likeness (QED) is 0.855. The Labute approximate surface area is 135 Å². The van der Waals surface area contributed by atoms with E-state index in [0.29, 0.717) is 6.04 Å². The zero-order chi connectivity index (χ0) is 15.6. The minimum absolute atomic E-state index is 0.273. The van der Waals surface area contributed by atoms with Crippen LogP contribution in [0.3, 0.4) is 0 Å². The molecule has 0 radical (unpaired) electrons. The summed E-state index contributed by atoms with van der Waals surface area (Å²) in [6.45, 7) is 8.70. The predicted octanol–water partition coefficient (Wildman–Crippen LogP) is 4.00. The van der Waals surface area contributed by atoms with Gasteiger partial charge in [0.2, 0.25) is 0 Å². The van der Waals surface area contributed by atoms with Crippen LogP contribution in [0.2, 0.25) is 0 Å². The minimum Gasteiger partial charge on any atom is -0.320 e. The molecule has 1 aliphatic carbocycles. The van der Waals surface area contributed by atoms with E-state index in [1.807, 2.05) is 0 Å². The molecule has 3 rings (SSSR count). The molecule has 1 aromatic rings. The number of nitrogens with two attached hydrogens (primary N) is 1. The van der Waals surface area contributed by atoms with Gasteiger partial charge in [-0.25, -0.2) is 0 Å². The molecule has 2 nitrogen and oxygen atoms in total. The molecule has 120 valence electrons. The number of hydrogen-bond donors (Lipinski definition) is 1. The third kappa shape index (κ3) is 3.00. The van der Waals surface area contributed by atoms with E-state index in [4.69, 9.17) is 5.73 Å². The number of aryl methyl sites for hydroxylation is 1. The van der Waals surface area contributed by atoms with Crippen molar-refractivity contribution in [2.24, 2.45) is 5.73 Å². The third-order valence-electron chi connectivity index (χ3n) is 5.48. The summed E-state index contributed by atoms with van der Waals surface area (Å²) in [5.74, 6) is 0. The van der Waals surface area contributed by atoms with Gasteiger partial charge in [-0.1, -0.05) is 42.7 Å². The van der Waals surface area contributed by atoms with Gasteiger partial charge in [-0.2, -0.15) is 0 Å². The first-order valence-corrected chi connectivity index (χ1v) is 8.87. The Morgan fingerprint density at radius 2 is 1.91 bits per heavy atom. The summed E-state index contributed by atoms with van der Waals surface area (Å²) in [7, 11) is 0. The molecule has 0 saturated carbocycles. The normalized spacial score (nSPS) is 29.6. The molecule has 2 N–H and O–H groups in total. The van der Waals surface area contributed by atoms with E-state index in [1.165, 1.54) is 61.9 Å². The van der Waals surface area contributed by atoms with Gasteiger partial charge in [0.05, 0.1) is 5.54 Å². The van der Waals surface area contributed by atoms with Crippen LogP contribution >= 0.6 is 0 Å². The second kappa shape index (κ2) is 6.55. The van der Waals surface area contributed by atoms with E-state index in [-0.39, 0.29) is 5.54 Å². The predicted molar refractivity (Wildman–Crippen MR) is 93.9 cm³/mol. The van der Waals surface area contributed by atoms with Gasteiger partial charge in [0.25, 0.3) is 0 Å². The number of rotatable bonds is 3. The van der Waals surface area contributed by atoms with Crippen molar-refractivity contribution in [1.29, 1.82) is 0 Å². The van der Waals surface area contributed by atoms with E-state index >= 15 is 0 Å². The zero-order valence-electron chi connectivity index (χ0n) is 14.0. The maximum absolute atomic E-state index is 7.10. The number of nitrogens with zero attached hydrogens (tertiary/aromatic N) is 1. The van der Waals surface area contributed by atoms with Crippen LogP contribution in [0.4, 0.5) is 0 Å². The highest BCUT2D eigenvalue weighted by Gasteiger charge is 2.43. The van der Waals surface area contributed by atoms with Crippen LogP contribution in [0.1, 0.15) is 56.6 Å². The largest absolute Gasteiger partial charge is 0.320 e. The van der Waals surface area contributed by atoms with Crippen LogP contribution in [0, 0.1) is 0 Å². The van der Waals surface area contributed by atoms with Crippen LogP contribution in [0.25, 0.3) is 0 Å². The molecule has 2 heteroatoms. The number of likely N-dealkylation sites (tertiary alicyclic amines) is 1. The van der Waals surface area contributed by atoms with Crippen molar-refractivity contribution < 1.29 is 0 Å². The van der Waals surface area contributed by atoms with Crippen LogP contribution < -0.4 is 5.73 Å². The van der Waals surface area contributed by atoms with Crippen LogP contribution in [0.15, 0.2) is 36.4 Å². The lowest BCUT2D eigenvalue weighted by Gasteiger charge is -2.48. The Bertz CT molecular complexity index is 528. The van der Waals surface area contributed by atoms with Gasteiger partial charge in [-0.05, 0) is 63.2 Å². The summed E-state index contributed by atoms with van der Waals surface area (Å²) in [4.78, 5) is 2.69. The fourth-order valence-electron chi connectivity index (χ4n) is 4.55. The average molecular weight is 298 g/mol. The van der Waals surface area contributed by atoms with Gasteiger partial charge < -0.3 is 5.73 Å². The molecule has 0 amide bonds. The fourth-order valence-corrected chi connectivity index (χ4v) is 4.55. The van der Waals surface area contributed by atoms with Gasteiger partial charge in [-0.15, -0.1) is 6.58 Å². The van der Waals surface area contributed by atoms with Gasteiger partial charge >= 0.3 is 0 Å². The van der Waals surface area contributed by atoms with Crippen LogP contribution in [-0.4, -0.2) is 24.0 Å². The Kier molecular flexibility index (Phi) is 4.70. The van der Waals surface area contributed by atoms with Crippen molar-refractivity contribution in [3.8, 4) is 0 Å². The first-order valence-electron chi connectivity index (χ1n) is 8.87. The van der Waals surface area contributed by atoms with Gasteiger partial charge in [-0.3, -0.25) is 4.90 Å². The molecule has 2 atom stereocenters. The molecule has 0 bridgehead atoms. The molecular formula is C20H30N2. The van der Waals surface area contributed by atoms with E-state index in [9.17, 15) is 0 Å². The Hall–Kier alpha value is -1.12. The minimum atomic E-state index is -0.273. The van der Waals surface area contributed by atoms with Crippen molar-refractivity contribution in [1.82, 2.24) is 4.90 Å². The fraction of sp³-hybridized carbons (Fsp3) is 0.600. The molecule has 1 heterocycles. The summed E-state index contributed by atoms with van der Waals surface area (Å²) in [5, 5.41) is 0. The standard InChI is InChI=1S/C20H30N2/c1-16(2)15-20(21)18-10-6-5-9-17(18)11-12-19(20)22-13-7-3-4-8-14-22/h5-6,9-10,19H,1,3-4,7-8,11-15,21H2,2H3. The van der Waals surface area contributed by atoms with Crippen LogP contribution in [-0.2, 0) is 12.0 Å². The molecule has 2 aliphatic rings. The Morgan fingerprint density at radius 3 is 2.59 bits per heavy atom. The molecule has 1 aromatic carbocycles. The molecule has 2 unspecified atom stereocenters. The van der Waals surface area contributed by atoms with Crippen molar-refractivity contribution >= 4 is 0 Å². The highest BCUT2D eigenvalue weighted by Crippen LogP contribution is 2.40. The summed E-state index contributed by atoms with van der Waals surface area (Å²) in [6.07, 6.45) is 8.62. The molecule has 1 saturated heterocycles. The Morgan fingerprint density at radius 1 is 1.23 bits per heavy atom. The topological polar surface area (TPSA) is 29.3 Å². The van der Waals surface area contributed by atoms with Gasteiger partial charge in [0, 0.05) is 6.04 Å². The summed E-state index contributed by atoms with van der Waals surface area (Å²) >= 11 is 0. The lowest BCUT2D eigenvalue weighted by molar-refractivity contribution is 0.103. The molecule has 1 aliphatic heterocycles. The summed E-state index contributed by atoms with van der Waals surface area (Å²) < 4.78 is 0. The van der Waals surface area contributed by atoms with E-state index in [1.54, 1.807) is 0 Å². The second-order valence-corrected chi connectivity index (χ2v) is 7.34. The van der Waals surface area contributed by atoms with E-state index in [2.05, 4.69) is 42.7 Å². The smallest absolute Gasteiger partial charge is 0.0607 e. The molecular weight excluding hydrogens is 268 g/mol. The third-order valence-corrected chi connectivity index (χ3v) is 5.48. The number of benzene rings is 1. The van der Waals surface area contributed by atoms with Crippen molar-refractivity contribution in [3.05, 3.63) is 47.5 Å². The number of hydrogen-bond acceptors (Lipinski definition) is 2. The molecule has 1 fully saturated rings. The zero-order valence-corrected chi connectivity index (χ0v) is 14.0. The van der Waals surface area contributed by atoms with Crippen LogP contribution in [0.5, 0.6) is 0 Å². The molecule has 22 heavy (non-hydrogen) atoms. The second-order valence-electron chi connectivity index (χ2n) is 7.34. The van der Waals surface area contributed by atoms with E-state index in [0.717, 1.165) is 12.8 Å². The SMILES string of the molecule is C=C(C)CC1(N)c2ccccc2CCC1N1CCCCCC1. The summed E-state index contributed by atoms with van der Waals surface area (Å²) in [6, 6.07) is 9.25. The average Bonchev–Trinajstić information content (AvgIpc) is 2.76. The first-order chi connectivity index (χ1) is 10.6. The maximum Gasteiger partial charge on any atom is 0.0607 e. The lowest BCUT2D eigenvalue weighted by Crippen LogP contribution is -2.58. The van der Waals surface area contributed by atoms with Crippen molar-refractivity contribution in [2.45, 2.75) is 63.5 Å².